The maximum Gasteiger partial charge on any atom is 0.250 e. The molecule has 0 aliphatic carbocycles. The monoisotopic (exact) mass is 392 g/mol. The molecule has 4 rings (SSSR count). The van der Waals surface area contributed by atoms with Crippen LogP contribution in [0.3, 0.4) is 0 Å². The van der Waals surface area contributed by atoms with Crippen molar-refractivity contribution < 1.29 is 14.0 Å². The Morgan fingerprint density at radius 1 is 1.19 bits per heavy atom. The van der Waals surface area contributed by atoms with E-state index in [1.807, 2.05) is 4.90 Å². The number of carbonyl (C=O) groups excluding carboxylic acids is 1. The number of carbonyl (C=O) groups is 1. The highest BCUT2D eigenvalue weighted by atomic mass is 35.5. The van der Waals surface area contributed by atoms with Crippen LogP contribution in [-0.4, -0.2) is 50.6 Å². The summed E-state index contributed by atoms with van der Waals surface area (Å²) in [7, 11) is 0. The van der Waals surface area contributed by atoms with E-state index in [-0.39, 0.29) is 23.0 Å². The molecule has 2 fully saturated rings. The van der Waals surface area contributed by atoms with Crippen molar-refractivity contribution >= 4 is 23.5 Å². The summed E-state index contributed by atoms with van der Waals surface area (Å²) in [4.78, 5) is 36.8. The number of piperidine rings is 1. The summed E-state index contributed by atoms with van der Waals surface area (Å²) in [6, 6.07) is -0.205. The number of rotatable bonds is 3. The van der Waals surface area contributed by atoms with Crippen LogP contribution in [-0.2, 0) is 9.63 Å². The molecule has 2 aromatic heterocycles. The number of halogens is 2. The number of nitrogens with zero attached hydrogens (tertiary/aromatic N) is 6. The Morgan fingerprint density at radius 2 is 2.00 bits per heavy atom. The molecule has 0 saturated carbocycles. The second-order valence-corrected chi connectivity index (χ2v) is 6.86. The lowest BCUT2D eigenvalue weighted by atomic mass is 9.95. The topological polar surface area (TPSA) is 84.3 Å². The molecule has 0 unspecified atom stereocenters. The second-order valence-electron chi connectivity index (χ2n) is 6.50. The first-order valence-electron chi connectivity index (χ1n) is 8.78. The van der Waals surface area contributed by atoms with Crippen molar-refractivity contribution in [3.8, 4) is 0 Å². The molecule has 0 N–H and O–H groups in total. The highest BCUT2D eigenvalue weighted by Crippen LogP contribution is 2.32. The lowest BCUT2D eigenvalue weighted by Gasteiger charge is -2.33. The number of aromatic nitrogens is 4. The highest BCUT2D eigenvalue weighted by Gasteiger charge is 2.38. The average Bonchev–Trinajstić information content (AvgIpc) is 3.20. The molecular weight excluding hydrogens is 375 g/mol. The van der Waals surface area contributed by atoms with E-state index in [0.29, 0.717) is 44.9 Å². The van der Waals surface area contributed by atoms with Crippen LogP contribution in [0.4, 0.5) is 10.3 Å². The molecule has 4 heterocycles. The van der Waals surface area contributed by atoms with Gasteiger partial charge >= 0.3 is 0 Å². The van der Waals surface area contributed by atoms with E-state index < -0.39 is 5.82 Å². The Balaban J connectivity index is 1.40. The maximum atomic E-state index is 13.2. The predicted molar refractivity (Wildman–Crippen MR) is 94.1 cm³/mol. The van der Waals surface area contributed by atoms with Gasteiger partial charge in [0.05, 0.1) is 24.7 Å². The number of amides is 1. The summed E-state index contributed by atoms with van der Waals surface area (Å²) in [6.45, 7) is 1.65. The van der Waals surface area contributed by atoms with Gasteiger partial charge in [-0.3, -0.25) is 19.6 Å². The summed E-state index contributed by atoms with van der Waals surface area (Å²) < 4.78 is 13.2. The van der Waals surface area contributed by atoms with Gasteiger partial charge in [0.15, 0.2) is 11.0 Å². The summed E-state index contributed by atoms with van der Waals surface area (Å²) in [5.74, 6) is -0.468. The van der Waals surface area contributed by atoms with Gasteiger partial charge in [0.2, 0.25) is 11.9 Å². The van der Waals surface area contributed by atoms with Gasteiger partial charge in [-0.2, -0.15) is 4.98 Å². The van der Waals surface area contributed by atoms with Crippen molar-refractivity contribution in [3.05, 3.63) is 41.5 Å². The summed E-state index contributed by atoms with van der Waals surface area (Å²) in [5.41, 5.74) is 0.732. The third-order valence-electron chi connectivity index (χ3n) is 4.86. The van der Waals surface area contributed by atoms with Gasteiger partial charge < -0.3 is 4.90 Å². The van der Waals surface area contributed by atoms with Crippen molar-refractivity contribution in [1.82, 2.24) is 25.0 Å². The maximum absolute atomic E-state index is 13.2. The second kappa shape index (κ2) is 7.69. The van der Waals surface area contributed by atoms with Crippen LogP contribution < -0.4 is 4.90 Å². The Labute approximate surface area is 160 Å². The van der Waals surface area contributed by atoms with Gasteiger partial charge in [0.25, 0.3) is 0 Å². The molecule has 2 saturated heterocycles. The molecule has 10 heteroatoms. The van der Waals surface area contributed by atoms with Crippen LogP contribution in [0.25, 0.3) is 0 Å². The third-order valence-corrected chi connectivity index (χ3v) is 5.13. The van der Waals surface area contributed by atoms with Gasteiger partial charge in [-0.1, -0.05) is 11.6 Å². The zero-order chi connectivity index (χ0) is 18.8. The van der Waals surface area contributed by atoms with Crippen LogP contribution in [0.5, 0.6) is 0 Å². The molecule has 142 valence electrons. The molecule has 2 aliphatic heterocycles. The SMILES string of the molecule is O=C(C1CCN(c2ncc(F)c(Cl)n2)CC1)N1OCC[C@H]1c1cnccn1. The van der Waals surface area contributed by atoms with E-state index in [1.165, 1.54) is 5.06 Å². The van der Waals surface area contributed by atoms with Crippen molar-refractivity contribution in [3.63, 3.8) is 0 Å². The van der Waals surface area contributed by atoms with E-state index >= 15 is 0 Å². The quantitative estimate of drug-likeness (QED) is 0.740. The van der Waals surface area contributed by atoms with Gasteiger partial charge in [0, 0.05) is 37.8 Å². The van der Waals surface area contributed by atoms with Gasteiger partial charge in [-0.05, 0) is 12.8 Å². The average molecular weight is 393 g/mol. The summed E-state index contributed by atoms with van der Waals surface area (Å²) in [6.07, 6.45) is 7.90. The molecule has 1 amide bonds. The minimum absolute atomic E-state index is 0.0409. The normalized spacial score (nSPS) is 20.9. The fourth-order valence-electron chi connectivity index (χ4n) is 3.43. The molecule has 0 spiro atoms. The molecule has 2 aromatic rings. The molecular formula is C17H18ClFN6O2. The molecule has 0 aromatic carbocycles. The molecule has 1 atom stereocenters. The fourth-order valence-corrected chi connectivity index (χ4v) is 3.56. The zero-order valence-corrected chi connectivity index (χ0v) is 15.2. The van der Waals surface area contributed by atoms with Crippen LogP contribution in [0.1, 0.15) is 31.0 Å². The van der Waals surface area contributed by atoms with Crippen LogP contribution in [0.15, 0.2) is 24.8 Å². The minimum Gasteiger partial charge on any atom is -0.341 e. The Hall–Kier alpha value is -2.39. The van der Waals surface area contributed by atoms with E-state index in [2.05, 4.69) is 19.9 Å². The van der Waals surface area contributed by atoms with Crippen molar-refractivity contribution in [2.45, 2.75) is 25.3 Å². The number of anilines is 1. The first kappa shape index (κ1) is 18.0. The summed E-state index contributed by atoms with van der Waals surface area (Å²) >= 11 is 5.73. The van der Waals surface area contributed by atoms with Gasteiger partial charge in [-0.25, -0.2) is 14.4 Å². The Morgan fingerprint density at radius 3 is 2.70 bits per heavy atom. The predicted octanol–water partition coefficient (Wildman–Crippen LogP) is 2.18. The Kier molecular flexibility index (Phi) is 5.13. The number of hydrogen-bond acceptors (Lipinski definition) is 7. The smallest absolute Gasteiger partial charge is 0.250 e. The zero-order valence-electron chi connectivity index (χ0n) is 14.5. The number of hydrogen-bond donors (Lipinski definition) is 0. The van der Waals surface area contributed by atoms with E-state index in [4.69, 9.17) is 16.4 Å². The highest BCUT2D eigenvalue weighted by molar-refractivity contribution is 6.29. The standard InChI is InChI=1S/C17H18ClFN6O2/c18-15-12(19)9-22-17(23-15)24-6-1-11(2-7-24)16(26)25-14(3-8-27-25)13-10-20-4-5-21-13/h4-5,9-11,14H,1-3,6-8H2/t14-/m0/s1. The van der Waals surface area contributed by atoms with Gasteiger partial charge in [-0.15, -0.1) is 0 Å². The lowest BCUT2D eigenvalue weighted by Crippen LogP contribution is -2.42. The molecule has 0 bridgehead atoms. The summed E-state index contributed by atoms with van der Waals surface area (Å²) in [5, 5.41) is 1.26. The first-order valence-corrected chi connectivity index (χ1v) is 9.16. The minimum atomic E-state index is -0.647. The van der Waals surface area contributed by atoms with Crippen molar-refractivity contribution in [2.75, 3.05) is 24.6 Å². The first-order chi connectivity index (χ1) is 13.1. The van der Waals surface area contributed by atoms with Crippen LogP contribution in [0.2, 0.25) is 5.15 Å². The molecule has 2 aliphatic rings. The van der Waals surface area contributed by atoms with Crippen molar-refractivity contribution in [1.29, 1.82) is 0 Å². The lowest BCUT2D eigenvalue weighted by molar-refractivity contribution is -0.182. The van der Waals surface area contributed by atoms with E-state index in [0.717, 1.165) is 11.9 Å². The molecule has 0 radical (unpaired) electrons. The number of hydroxylamine groups is 2. The van der Waals surface area contributed by atoms with Crippen molar-refractivity contribution in [2.24, 2.45) is 5.92 Å². The van der Waals surface area contributed by atoms with E-state index in [9.17, 15) is 9.18 Å². The van der Waals surface area contributed by atoms with Crippen LogP contribution in [0, 0.1) is 11.7 Å². The van der Waals surface area contributed by atoms with Crippen LogP contribution >= 0.6 is 11.6 Å². The Bertz CT molecular complexity index is 818. The fraction of sp³-hybridized carbons (Fsp3) is 0.471. The van der Waals surface area contributed by atoms with E-state index in [1.54, 1.807) is 18.6 Å². The molecule has 27 heavy (non-hydrogen) atoms. The largest absolute Gasteiger partial charge is 0.341 e. The molecule has 8 nitrogen and oxygen atoms in total. The van der Waals surface area contributed by atoms with Gasteiger partial charge in [0.1, 0.15) is 6.04 Å². The third kappa shape index (κ3) is 3.70.